The Labute approximate surface area is 126 Å². The quantitative estimate of drug-likeness (QED) is 0.917. The molecular weight excluding hydrogens is 258 g/mol. The van der Waals surface area contributed by atoms with Crippen molar-refractivity contribution in [1.29, 1.82) is 0 Å². The van der Waals surface area contributed by atoms with E-state index in [1.807, 2.05) is 6.20 Å². The molecule has 1 saturated heterocycles. The standard InChI is InChI=1S/C18H23N3/c1-13-5-8-15-16(11-13)17(20-14-6-7-14)12-19-18(15)21-9-3-2-4-10-21/h5,8,11-12,14,20H,2-4,6-7,9-10H2,1H3. The second kappa shape index (κ2) is 5.21. The van der Waals surface area contributed by atoms with Gasteiger partial charge in [0.15, 0.2) is 0 Å². The van der Waals surface area contributed by atoms with Crippen molar-refractivity contribution in [2.24, 2.45) is 0 Å². The predicted octanol–water partition coefficient (Wildman–Crippen LogP) is 4.11. The summed E-state index contributed by atoms with van der Waals surface area (Å²) in [5.41, 5.74) is 2.52. The van der Waals surface area contributed by atoms with Crippen LogP contribution < -0.4 is 10.2 Å². The van der Waals surface area contributed by atoms with E-state index in [-0.39, 0.29) is 0 Å². The first kappa shape index (κ1) is 12.9. The molecule has 0 bridgehead atoms. The van der Waals surface area contributed by atoms with Gasteiger partial charge in [0.2, 0.25) is 0 Å². The van der Waals surface area contributed by atoms with Crippen molar-refractivity contribution in [3.63, 3.8) is 0 Å². The lowest BCUT2D eigenvalue weighted by Crippen LogP contribution is -2.30. The third-order valence-corrected chi connectivity index (χ3v) is 4.61. The van der Waals surface area contributed by atoms with Crippen molar-refractivity contribution in [2.75, 3.05) is 23.3 Å². The van der Waals surface area contributed by atoms with Gasteiger partial charge in [-0.1, -0.05) is 17.7 Å². The topological polar surface area (TPSA) is 28.2 Å². The van der Waals surface area contributed by atoms with E-state index in [0.29, 0.717) is 6.04 Å². The molecule has 0 unspecified atom stereocenters. The molecule has 21 heavy (non-hydrogen) atoms. The maximum Gasteiger partial charge on any atom is 0.136 e. The molecule has 1 N–H and O–H groups in total. The Hall–Kier alpha value is -1.77. The first-order valence-corrected chi connectivity index (χ1v) is 8.22. The maximum atomic E-state index is 4.80. The van der Waals surface area contributed by atoms with E-state index < -0.39 is 0 Å². The zero-order valence-electron chi connectivity index (χ0n) is 12.7. The van der Waals surface area contributed by atoms with Crippen LogP contribution >= 0.6 is 0 Å². The van der Waals surface area contributed by atoms with Gasteiger partial charge in [0.25, 0.3) is 0 Å². The Bertz CT molecular complexity index is 655. The van der Waals surface area contributed by atoms with Gasteiger partial charge in [-0.25, -0.2) is 4.98 Å². The third kappa shape index (κ3) is 2.57. The zero-order chi connectivity index (χ0) is 14.2. The smallest absolute Gasteiger partial charge is 0.136 e. The normalized spacial score (nSPS) is 19.0. The highest BCUT2D eigenvalue weighted by Crippen LogP contribution is 2.34. The number of anilines is 2. The summed E-state index contributed by atoms with van der Waals surface area (Å²) in [5, 5.41) is 6.27. The van der Waals surface area contributed by atoms with Crippen LogP contribution in [0.1, 0.15) is 37.7 Å². The second-order valence-corrected chi connectivity index (χ2v) is 6.51. The molecule has 0 atom stereocenters. The van der Waals surface area contributed by atoms with Crippen LogP contribution in [0, 0.1) is 6.92 Å². The van der Waals surface area contributed by atoms with Crippen LogP contribution in [-0.2, 0) is 0 Å². The largest absolute Gasteiger partial charge is 0.381 e. The summed E-state index contributed by atoms with van der Waals surface area (Å²) >= 11 is 0. The molecule has 4 rings (SSSR count). The van der Waals surface area contributed by atoms with Crippen LogP contribution in [0.15, 0.2) is 24.4 Å². The van der Waals surface area contributed by atoms with Crippen LogP contribution in [0.5, 0.6) is 0 Å². The molecule has 1 aromatic carbocycles. The summed E-state index contributed by atoms with van der Waals surface area (Å²) in [6.07, 6.45) is 8.56. The molecule has 1 aliphatic heterocycles. The molecule has 0 amide bonds. The first-order valence-electron chi connectivity index (χ1n) is 8.22. The fraction of sp³-hybridized carbons (Fsp3) is 0.500. The molecule has 2 heterocycles. The number of pyridine rings is 1. The van der Waals surface area contributed by atoms with E-state index in [1.165, 1.54) is 59.9 Å². The van der Waals surface area contributed by atoms with Crippen LogP contribution in [-0.4, -0.2) is 24.1 Å². The number of nitrogens with zero attached hydrogens (tertiary/aromatic N) is 2. The number of nitrogens with one attached hydrogen (secondary N) is 1. The monoisotopic (exact) mass is 281 g/mol. The van der Waals surface area contributed by atoms with E-state index in [9.17, 15) is 0 Å². The summed E-state index contributed by atoms with van der Waals surface area (Å²) in [4.78, 5) is 7.26. The van der Waals surface area contributed by atoms with Crippen molar-refractivity contribution >= 4 is 22.3 Å². The minimum atomic E-state index is 0.663. The minimum Gasteiger partial charge on any atom is -0.381 e. The van der Waals surface area contributed by atoms with E-state index >= 15 is 0 Å². The van der Waals surface area contributed by atoms with Gasteiger partial charge < -0.3 is 10.2 Å². The van der Waals surface area contributed by atoms with E-state index in [1.54, 1.807) is 0 Å². The maximum absolute atomic E-state index is 4.80. The molecule has 2 aliphatic rings. The molecule has 110 valence electrons. The van der Waals surface area contributed by atoms with Crippen LogP contribution in [0.2, 0.25) is 0 Å². The zero-order valence-corrected chi connectivity index (χ0v) is 12.7. The molecule has 0 spiro atoms. The Kier molecular flexibility index (Phi) is 3.21. The molecule has 0 radical (unpaired) electrons. The first-order chi connectivity index (χ1) is 10.3. The van der Waals surface area contributed by atoms with E-state index in [0.717, 1.165) is 13.1 Å². The van der Waals surface area contributed by atoms with E-state index in [2.05, 4.69) is 35.3 Å². The Morgan fingerprint density at radius 1 is 1.10 bits per heavy atom. The number of fused-ring (bicyclic) bond motifs is 1. The molecule has 1 saturated carbocycles. The Balaban J connectivity index is 1.80. The number of aryl methyl sites for hydroxylation is 1. The lowest BCUT2D eigenvalue weighted by molar-refractivity contribution is 0.575. The van der Waals surface area contributed by atoms with E-state index in [4.69, 9.17) is 4.98 Å². The van der Waals surface area contributed by atoms with Crippen molar-refractivity contribution in [3.05, 3.63) is 30.0 Å². The summed E-state index contributed by atoms with van der Waals surface area (Å²) in [6, 6.07) is 7.42. The fourth-order valence-corrected chi connectivity index (χ4v) is 3.26. The predicted molar refractivity (Wildman–Crippen MR) is 89.2 cm³/mol. The van der Waals surface area contributed by atoms with Gasteiger partial charge in [-0.05, 0) is 45.1 Å². The number of rotatable bonds is 3. The number of piperidine rings is 1. The van der Waals surface area contributed by atoms with Gasteiger partial charge in [-0.15, -0.1) is 0 Å². The highest BCUT2D eigenvalue weighted by atomic mass is 15.2. The summed E-state index contributed by atoms with van der Waals surface area (Å²) < 4.78 is 0. The van der Waals surface area contributed by atoms with Gasteiger partial charge >= 0.3 is 0 Å². The summed E-state index contributed by atoms with van der Waals surface area (Å²) in [7, 11) is 0. The number of hydrogen-bond donors (Lipinski definition) is 1. The Morgan fingerprint density at radius 3 is 2.67 bits per heavy atom. The lowest BCUT2D eigenvalue weighted by atomic mass is 10.1. The average Bonchev–Trinajstić information content (AvgIpc) is 3.33. The summed E-state index contributed by atoms with van der Waals surface area (Å²) in [6.45, 7) is 4.46. The van der Waals surface area contributed by atoms with Crippen molar-refractivity contribution in [1.82, 2.24) is 4.98 Å². The molecule has 1 aromatic heterocycles. The number of hydrogen-bond acceptors (Lipinski definition) is 3. The molecular formula is C18H23N3. The van der Waals surface area contributed by atoms with Crippen molar-refractivity contribution in [2.45, 2.75) is 45.1 Å². The van der Waals surface area contributed by atoms with Gasteiger partial charge in [-0.3, -0.25) is 0 Å². The van der Waals surface area contributed by atoms with Gasteiger partial charge in [0, 0.05) is 29.9 Å². The molecule has 2 aromatic rings. The summed E-state index contributed by atoms with van der Waals surface area (Å²) in [5.74, 6) is 1.17. The van der Waals surface area contributed by atoms with Crippen LogP contribution in [0.3, 0.4) is 0 Å². The lowest BCUT2D eigenvalue weighted by Gasteiger charge is -2.29. The number of aromatic nitrogens is 1. The number of benzene rings is 1. The second-order valence-electron chi connectivity index (χ2n) is 6.51. The van der Waals surface area contributed by atoms with Crippen molar-refractivity contribution < 1.29 is 0 Å². The Morgan fingerprint density at radius 2 is 1.90 bits per heavy atom. The van der Waals surface area contributed by atoms with Crippen LogP contribution in [0.25, 0.3) is 10.8 Å². The van der Waals surface area contributed by atoms with Gasteiger partial charge in [0.1, 0.15) is 5.82 Å². The van der Waals surface area contributed by atoms with Gasteiger partial charge in [-0.2, -0.15) is 0 Å². The molecule has 1 aliphatic carbocycles. The fourth-order valence-electron chi connectivity index (χ4n) is 3.26. The SMILES string of the molecule is Cc1ccc2c(N3CCCCC3)ncc(NC3CC3)c2c1. The minimum absolute atomic E-state index is 0.663. The highest BCUT2D eigenvalue weighted by molar-refractivity contribution is 6.00. The molecule has 3 heteroatoms. The van der Waals surface area contributed by atoms with Crippen molar-refractivity contribution in [3.8, 4) is 0 Å². The van der Waals surface area contributed by atoms with Crippen LogP contribution in [0.4, 0.5) is 11.5 Å². The van der Waals surface area contributed by atoms with Gasteiger partial charge in [0.05, 0.1) is 11.9 Å². The third-order valence-electron chi connectivity index (χ3n) is 4.61. The average molecular weight is 281 g/mol. The molecule has 2 fully saturated rings. The molecule has 3 nitrogen and oxygen atoms in total. The highest BCUT2D eigenvalue weighted by Gasteiger charge is 2.23.